The van der Waals surface area contributed by atoms with Crippen molar-refractivity contribution in [3.8, 4) is 16.9 Å². The molecule has 0 saturated heterocycles. The van der Waals surface area contributed by atoms with Crippen LogP contribution >= 0.6 is 11.6 Å². The van der Waals surface area contributed by atoms with Crippen LogP contribution in [0.25, 0.3) is 11.1 Å². The molecule has 0 unspecified atom stereocenters. The molecule has 3 aromatic carbocycles. The van der Waals surface area contributed by atoms with Crippen molar-refractivity contribution in [2.24, 2.45) is 0 Å². The normalized spacial score (nSPS) is 10.6. The number of hydrogen-bond donors (Lipinski definition) is 1. The number of carbonyl (C=O) groups is 1. The lowest BCUT2D eigenvalue weighted by Crippen LogP contribution is -2.06. The van der Waals surface area contributed by atoms with Gasteiger partial charge in [-0.1, -0.05) is 71.8 Å². The van der Waals surface area contributed by atoms with Crippen LogP contribution < -0.4 is 10.1 Å². The number of ether oxygens (including phenoxy) is 2. The Labute approximate surface area is 203 Å². The molecule has 0 saturated carbocycles. The molecule has 6 nitrogen and oxygen atoms in total. The minimum absolute atomic E-state index is 0.198. The van der Waals surface area contributed by atoms with Crippen molar-refractivity contribution in [1.82, 2.24) is 9.97 Å². The van der Waals surface area contributed by atoms with Gasteiger partial charge in [0.15, 0.2) is 0 Å². The summed E-state index contributed by atoms with van der Waals surface area (Å²) >= 11 is 6.48. The highest BCUT2D eigenvalue weighted by atomic mass is 35.5. The van der Waals surface area contributed by atoms with E-state index >= 15 is 0 Å². The largest absolute Gasteiger partial charge is 0.487 e. The van der Waals surface area contributed by atoms with Crippen LogP contribution in [0.1, 0.15) is 27.0 Å². The molecule has 0 fully saturated rings. The Morgan fingerprint density at radius 2 is 1.68 bits per heavy atom. The number of halogens is 1. The van der Waals surface area contributed by atoms with Gasteiger partial charge < -0.3 is 14.8 Å². The van der Waals surface area contributed by atoms with Crippen LogP contribution in [-0.4, -0.2) is 23.0 Å². The molecule has 172 valence electrons. The van der Waals surface area contributed by atoms with Crippen LogP contribution in [0.5, 0.6) is 5.75 Å². The maximum Gasteiger partial charge on any atom is 0.339 e. The predicted octanol–water partition coefficient (Wildman–Crippen LogP) is 6.08. The summed E-state index contributed by atoms with van der Waals surface area (Å²) in [6.45, 7) is 2.98. The van der Waals surface area contributed by atoms with E-state index < -0.39 is 5.97 Å². The van der Waals surface area contributed by atoms with Crippen LogP contribution in [0.3, 0.4) is 0 Å². The quantitative estimate of drug-likeness (QED) is 0.312. The Hall–Kier alpha value is -3.90. The highest BCUT2D eigenvalue weighted by molar-refractivity contribution is 6.35. The smallest absolute Gasteiger partial charge is 0.339 e. The zero-order valence-corrected chi connectivity index (χ0v) is 19.7. The van der Waals surface area contributed by atoms with E-state index in [4.69, 9.17) is 21.1 Å². The van der Waals surface area contributed by atoms with Gasteiger partial charge in [-0.2, -0.15) is 0 Å². The van der Waals surface area contributed by atoms with Crippen molar-refractivity contribution in [1.29, 1.82) is 0 Å². The van der Waals surface area contributed by atoms with Gasteiger partial charge in [0.1, 0.15) is 12.4 Å². The molecular formula is C27H24ClN3O3. The second-order valence-electron chi connectivity index (χ2n) is 7.74. The molecule has 4 aromatic rings. The second kappa shape index (κ2) is 10.8. The molecule has 0 amide bonds. The minimum Gasteiger partial charge on any atom is -0.487 e. The number of anilines is 1. The van der Waals surface area contributed by atoms with E-state index in [0.29, 0.717) is 36.0 Å². The van der Waals surface area contributed by atoms with Crippen LogP contribution in [-0.2, 0) is 17.9 Å². The fourth-order valence-corrected chi connectivity index (χ4v) is 3.68. The van der Waals surface area contributed by atoms with Gasteiger partial charge in [0.2, 0.25) is 5.95 Å². The highest BCUT2D eigenvalue weighted by Crippen LogP contribution is 2.35. The lowest BCUT2D eigenvalue weighted by molar-refractivity contribution is 0.0600. The Morgan fingerprint density at radius 3 is 2.38 bits per heavy atom. The summed E-state index contributed by atoms with van der Waals surface area (Å²) in [5.74, 6) is 0.340. The number of methoxy groups -OCH3 is 1. The maximum atomic E-state index is 12.3. The van der Waals surface area contributed by atoms with E-state index in [-0.39, 0.29) is 10.6 Å². The molecule has 0 spiro atoms. The van der Waals surface area contributed by atoms with E-state index in [1.165, 1.54) is 12.7 Å². The number of rotatable bonds is 8. The molecule has 7 heteroatoms. The molecule has 0 aliphatic rings. The summed E-state index contributed by atoms with van der Waals surface area (Å²) < 4.78 is 10.9. The first-order valence-corrected chi connectivity index (χ1v) is 11.1. The van der Waals surface area contributed by atoms with Crippen LogP contribution in [0.4, 0.5) is 5.95 Å². The number of nitrogens with one attached hydrogen (secondary N) is 1. The van der Waals surface area contributed by atoms with E-state index in [0.717, 1.165) is 11.1 Å². The summed E-state index contributed by atoms with van der Waals surface area (Å²) in [5.41, 5.74) is 4.95. The topological polar surface area (TPSA) is 73.3 Å². The van der Waals surface area contributed by atoms with Gasteiger partial charge in [0.05, 0.1) is 17.7 Å². The fraction of sp³-hybridized carbons (Fsp3) is 0.148. The first-order valence-electron chi connectivity index (χ1n) is 10.7. The van der Waals surface area contributed by atoms with Gasteiger partial charge in [-0.25, -0.2) is 14.8 Å². The van der Waals surface area contributed by atoms with Crippen molar-refractivity contribution in [2.45, 2.75) is 20.1 Å². The summed E-state index contributed by atoms with van der Waals surface area (Å²) in [5, 5.41) is 3.42. The number of hydrogen-bond acceptors (Lipinski definition) is 6. The summed E-state index contributed by atoms with van der Waals surface area (Å²) in [6, 6.07) is 21.4. The van der Waals surface area contributed by atoms with E-state index in [9.17, 15) is 4.79 Å². The van der Waals surface area contributed by atoms with Gasteiger partial charge >= 0.3 is 5.97 Å². The zero-order chi connectivity index (χ0) is 23.9. The Morgan fingerprint density at radius 1 is 0.941 bits per heavy atom. The molecule has 0 atom stereocenters. The van der Waals surface area contributed by atoms with Gasteiger partial charge in [0.25, 0.3) is 0 Å². The Balaban J connectivity index is 1.56. The molecule has 0 aliphatic carbocycles. The predicted molar refractivity (Wildman–Crippen MR) is 133 cm³/mol. The molecule has 0 aliphatic heterocycles. The molecule has 4 rings (SSSR count). The van der Waals surface area contributed by atoms with E-state index in [1.807, 2.05) is 42.5 Å². The third-order valence-corrected chi connectivity index (χ3v) is 5.59. The third-order valence-electron chi connectivity index (χ3n) is 5.20. The van der Waals surface area contributed by atoms with Gasteiger partial charge in [-0.05, 0) is 35.7 Å². The van der Waals surface area contributed by atoms with Crippen LogP contribution in [0.2, 0.25) is 5.02 Å². The Kier molecular flexibility index (Phi) is 7.40. The number of aryl methyl sites for hydroxylation is 1. The number of benzene rings is 3. The monoisotopic (exact) mass is 473 g/mol. The molecule has 0 bridgehead atoms. The summed E-state index contributed by atoms with van der Waals surface area (Å²) in [6.07, 6.45) is 3.38. The second-order valence-corrected chi connectivity index (χ2v) is 8.12. The lowest BCUT2D eigenvalue weighted by atomic mass is 10.0. The van der Waals surface area contributed by atoms with Gasteiger partial charge in [-0.3, -0.25) is 0 Å². The third kappa shape index (κ3) is 5.71. The van der Waals surface area contributed by atoms with Crippen molar-refractivity contribution in [3.63, 3.8) is 0 Å². The number of nitrogens with zero attached hydrogens (tertiary/aromatic N) is 2. The van der Waals surface area contributed by atoms with Crippen molar-refractivity contribution in [2.75, 3.05) is 12.4 Å². The number of esters is 1. The lowest BCUT2D eigenvalue weighted by Gasteiger charge is -2.14. The van der Waals surface area contributed by atoms with Crippen molar-refractivity contribution >= 4 is 23.5 Å². The van der Waals surface area contributed by atoms with Crippen LogP contribution in [0, 0.1) is 6.92 Å². The van der Waals surface area contributed by atoms with E-state index in [1.54, 1.807) is 24.5 Å². The first kappa shape index (κ1) is 23.3. The summed E-state index contributed by atoms with van der Waals surface area (Å²) in [4.78, 5) is 21.2. The highest BCUT2D eigenvalue weighted by Gasteiger charge is 2.18. The number of carbonyl (C=O) groups excluding carboxylic acids is 1. The summed E-state index contributed by atoms with van der Waals surface area (Å²) in [7, 11) is 1.31. The maximum absolute atomic E-state index is 12.3. The Bertz CT molecular complexity index is 1280. The average Bonchev–Trinajstić information content (AvgIpc) is 2.87. The first-order chi connectivity index (χ1) is 16.5. The van der Waals surface area contributed by atoms with Crippen molar-refractivity contribution in [3.05, 3.63) is 106 Å². The molecular weight excluding hydrogens is 450 g/mol. The fourth-order valence-electron chi connectivity index (χ4n) is 3.43. The zero-order valence-electron chi connectivity index (χ0n) is 18.9. The van der Waals surface area contributed by atoms with E-state index in [2.05, 4.69) is 34.3 Å². The average molecular weight is 474 g/mol. The molecule has 1 aromatic heterocycles. The molecule has 1 N–H and O–H groups in total. The SMILES string of the molecule is COC(=O)c1cc(-c2cnc(NCc3cccc(C)c3)nc2)cc(OCc2ccccc2)c1Cl. The molecule has 1 heterocycles. The van der Waals surface area contributed by atoms with Crippen molar-refractivity contribution < 1.29 is 14.3 Å². The standard InChI is InChI=1S/C27H24ClN3O3/c1-18-7-6-10-20(11-18)14-29-27-30-15-22(16-31-27)21-12-23(26(32)33-2)25(28)24(13-21)34-17-19-8-4-3-5-9-19/h3-13,15-16H,14,17H2,1-2H3,(H,29,30,31). The van der Waals surface area contributed by atoms with Gasteiger partial charge in [-0.15, -0.1) is 0 Å². The minimum atomic E-state index is -0.547. The molecule has 0 radical (unpaired) electrons. The van der Waals surface area contributed by atoms with Gasteiger partial charge in [0, 0.05) is 24.5 Å². The number of aromatic nitrogens is 2. The van der Waals surface area contributed by atoms with Crippen LogP contribution in [0.15, 0.2) is 79.1 Å². The molecule has 34 heavy (non-hydrogen) atoms.